The molecule has 6 nitrogen and oxygen atoms in total. The van der Waals surface area contributed by atoms with E-state index in [-0.39, 0.29) is 17.5 Å². The highest BCUT2D eigenvalue weighted by molar-refractivity contribution is 5.88. The molecular weight excluding hydrogens is 447 g/mol. The Morgan fingerprint density at radius 1 is 1.00 bits per heavy atom. The summed E-state index contributed by atoms with van der Waals surface area (Å²) in [5.74, 6) is -1.43. The molecule has 3 N–H and O–H groups in total. The Labute approximate surface area is 201 Å². The molecule has 0 saturated heterocycles. The lowest BCUT2D eigenvalue weighted by atomic mass is 9.67. The molecule has 0 aliphatic carbocycles. The van der Waals surface area contributed by atoms with Gasteiger partial charge in [0.2, 0.25) is 0 Å². The largest absolute Gasteiger partial charge is 0.478 e. The molecule has 0 aliphatic heterocycles. The van der Waals surface area contributed by atoms with Gasteiger partial charge in [-0.3, -0.25) is 4.79 Å². The predicted octanol–water partition coefficient (Wildman–Crippen LogP) is 5.37. The molecule has 4 aromatic rings. The molecule has 7 heteroatoms. The highest BCUT2D eigenvalue weighted by Crippen LogP contribution is 2.43. The predicted molar refractivity (Wildman–Crippen MR) is 132 cm³/mol. The number of carboxylic acids is 1. The van der Waals surface area contributed by atoms with Gasteiger partial charge in [-0.15, -0.1) is 5.16 Å². The van der Waals surface area contributed by atoms with E-state index in [9.17, 15) is 14.8 Å². The Morgan fingerprint density at radius 2 is 1.63 bits per heavy atom. The van der Waals surface area contributed by atoms with Gasteiger partial charge >= 0.3 is 5.97 Å². The molecule has 0 bridgehead atoms. The van der Waals surface area contributed by atoms with Gasteiger partial charge in [0, 0.05) is 30.0 Å². The second kappa shape index (κ2) is 9.77. The molecule has 1 heterocycles. The summed E-state index contributed by atoms with van der Waals surface area (Å²) in [6, 6.07) is 22.1. The highest BCUT2D eigenvalue weighted by atomic mass is 19.1. The second-order valence-electron chi connectivity index (χ2n) is 8.25. The van der Waals surface area contributed by atoms with E-state index in [0.29, 0.717) is 16.7 Å². The average Bonchev–Trinajstić information content (AvgIpc) is 2.87. The summed E-state index contributed by atoms with van der Waals surface area (Å²) in [5, 5.41) is 21.6. The van der Waals surface area contributed by atoms with Crippen LogP contribution in [0.4, 0.5) is 4.39 Å². The fourth-order valence-corrected chi connectivity index (χ4v) is 4.40. The third-order valence-corrected chi connectivity index (χ3v) is 6.24. The number of aromatic carboxylic acids is 1. The van der Waals surface area contributed by atoms with Crippen molar-refractivity contribution < 1.29 is 19.5 Å². The monoisotopic (exact) mass is 470 g/mol. The lowest BCUT2D eigenvalue weighted by Crippen LogP contribution is -2.32. The number of hydrogen-bond acceptors (Lipinski definition) is 4. The van der Waals surface area contributed by atoms with Gasteiger partial charge in [-0.1, -0.05) is 54.6 Å². The van der Waals surface area contributed by atoms with Gasteiger partial charge in [-0.2, -0.15) is 0 Å². The quantitative estimate of drug-likeness (QED) is 0.192. The number of pyridine rings is 1. The number of H-pyrrole nitrogens is 1. The van der Waals surface area contributed by atoms with Crippen molar-refractivity contribution in [3.63, 3.8) is 0 Å². The molecular formula is C28H23FN2O4. The summed E-state index contributed by atoms with van der Waals surface area (Å²) in [5.41, 5.74) is 2.73. The summed E-state index contributed by atoms with van der Waals surface area (Å²) in [6.07, 6.45) is 3.00. The first-order chi connectivity index (χ1) is 16.9. The van der Waals surface area contributed by atoms with E-state index in [1.807, 2.05) is 24.3 Å². The fourth-order valence-electron chi connectivity index (χ4n) is 4.40. The SMILES string of the molecule is Cc1cc(C(C/C=N/O)(c2ccc(-c3ccc(C(=O)O)cc3)cc2)c2ccccc2F)c[nH]c1=O. The van der Waals surface area contributed by atoms with Crippen LogP contribution >= 0.6 is 0 Å². The minimum absolute atomic E-state index is 0.128. The number of rotatable bonds is 7. The number of benzene rings is 3. The van der Waals surface area contributed by atoms with Crippen LogP contribution in [0.25, 0.3) is 11.1 Å². The van der Waals surface area contributed by atoms with Gasteiger partial charge in [-0.25, -0.2) is 9.18 Å². The van der Waals surface area contributed by atoms with Crippen LogP contribution in [0.15, 0.2) is 95.0 Å². The van der Waals surface area contributed by atoms with Crippen LogP contribution in [-0.2, 0) is 5.41 Å². The minimum Gasteiger partial charge on any atom is -0.478 e. The molecule has 0 aliphatic rings. The summed E-state index contributed by atoms with van der Waals surface area (Å²) in [7, 11) is 0. The maximum atomic E-state index is 15.3. The van der Waals surface area contributed by atoms with Gasteiger partial charge in [0.15, 0.2) is 0 Å². The summed E-state index contributed by atoms with van der Waals surface area (Å²) in [4.78, 5) is 26.0. The van der Waals surface area contributed by atoms with Crippen molar-refractivity contribution in [3.05, 3.63) is 129 Å². The molecule has 176 valence electrons. The fraction of sp³-hybridized carbons (Fsp3) is 0.107. The number of hydrogen-bond donors (Lipinski definition) is 3. The Balaban J connectivity index is 1.92. The van der Waals surface area contributed by atoms with Gasteiger partial charge in [-0.05, 0) is 53.4 Å². The zero-order chi connectivity index (χ0) is 25.0. The molecule has 1 atom stereocenters. The average molecular weight is 471 g/mol. The maximum absolute atomic E-state index is 15.3. The van der Waals surface area contributed by atoms with E-state index in [4.69, 9.17) is 5.11 Å². The Hall–Kier alpha value is -4.52. The highest BCUT2D eigenvalue weighted by Gasteiger charge is 2.38. The molecule has 1 unspecified atom stereocenters. The molecule has 0 fully saturated rings. The van der Waals surface area contributed by atoms with Crippen LogP contribution < -0.4 is 5.56 Å². The van der Waals surface area contributed by atoms with Crippen LogP contribution in [0.3, 0.4) is 0 Å². The van der Waals surface area contributed by atoms with Crippen molar-refractivity contribution in [1.82, 2.24) is 4.98 Å². The van der Waals surface area contributed by atoms with Crippen molar-refractivity contribution in [3.8, 4) is 11.1 Å². The maximum Gasteiger partial charge on any atom is 0.335 e. The summed E-state index contributed by atoms with van der Waals surface area (Å²) in [6.45, 7) is 1.68. The topological polar surface area (TPSA) is 103 Å². The van der Waals surface area contributed by atoms with E-state index in [1.165, 1.54) is 24.4 Å². The van der Waals surface area contributed by atoms with Crippen LogP contribution in [-0.4, -0.2) is 27.5 Å². The number of nitrogens with zero attached hydrogens (tertiary/aromatic N) is 1. The molecule has 0 radical (unpaired) electrons. The minimum atomic E-state index is -1.10. The van der Waals surface area contributed by atoms with Gasteiger partial charge in [0.1, 0.15) is 5.82 Å². The van der Waals surface area contributed by atoms with E-state index in [2.05, 4.69) is 10.1 Å². The van der Waals surface area contributed by atoms with Crippen molar-refractivity contribution in [2.24, 2.45) is 5.16 Å². The number of oxime groups is 1. The van der Waals surface area contributed by atoms with Crippen molar-refractivity contribution in [2.75, 3.05) is 0 Å². The number of carboxylic acid groups (broad SMARTS) is 1. The van der Waals surface area contributed by atoms with Gasteiger partial charge in [0.25, 0.3) is 5.56 Å². The van der Waals surface area contributed by atoms with Gasteiger partial charge in [0.05, 0.1) is 11.0 Å². The Kier molecular flexibility index (Phi) is 6.59. The third-order valence-electron chi connectivity index (χ3n) is 6.24. The van der Waals surface area contributed by atoms with Crippen LogP contribution in [0.5, 0.6) is 0 Å². The summed E-state index contributed by atoms with van der Waals surface area (Å²) >= 11 is 0. The second-order valence-corrected chi connectivity index (χ2v) is 8.25. The number of nitrogens with one attached hydrogen (secondary N) is 1. The molecule has 0 spiro atoms. The van der Waals surface area contributed by atoms with Crippen LogP contribution in [0.2, 0.25) is 0 Å². The number of aromatic nitrogens is 1. The zero-order valence-electron chi connectivity index (χ0n) is 18.9. The lowest BCUT2D eigenvalue weighted by molar-refractivity contribution is 0.0697. The molecule has 3 aromatic carbocycles. The first kappa shape index (κ1) is 23.6. The zero-order valence-corrected chi connectivity index (χ0v) is 18.9. The van der Waals surface area contributed by atoms with E-state index in [1.54, 1.807) is 49.5 Å². The van der Waals surface area contributed by atoms with Crippen LogP contribution in [0, 0.1) is 12.7 Å². The van der Waals surface area contributed by atoms with Gasteiger partial charge < -0.3 is 15.3 Å². The van der Waals surface area contributed by atoms with E-state index < -0.39 is 17.2 Å². The number of aromatic amines is 1. The molecule has 1 aromatic heterocycles. The Morgan fingerprint density at radius 3 is 2.20 bits per heavy atom. The normalized spacial score (nSPS) is 13.0. The standard InChI is InChI=1S/C28H23FN2O4/c1-18-16-23(17-30-26(18)32)28(14-15-31-35,24-4-2-3-5-25(24)29)22-12-10-20(11-13-22)19-6-8-21(9-7-19)27(33)34/h2-13,15-17,35H,14H2,1H3,(H,30,32)(H,33,34)/b31-15+. The van der Waals surface area contributed by atoms with E-state index in [0.717, 1.165) is 16.7 Å². The smallest absolute Gasteiger partial charge is 0.335 e. The molecule has 0 amide bonds. The van der Waals surface area contributed by atoms with Crippen molar-refractivity contribution in [2.45, 2.75) is 18.8 Å². The molecule has 0 saturated carbocycles. The third kappa shape index (κ3) is 4.48. The first-order valence-corrected chi connectivity index (χ1v) is 10.9. The van der Waals surface area contributed by atoms with Crippen molar-refractivity contribution in [1.29, 1.82) is 0 Å². The molecule has 35 heavy (non-hydrogen) atoms. The number of carbonyl (C=O) groups is 1. The van der Waals surface area contributed by atoms with Crippen molar-refractivity contribution >= 4 is 12.2 Å². The molecule has 4 rings (SSSR count). The number of aryl methyl sites for hydroxylation is 1. The Bertz CT molecular complexity index is 1440. The van der Waals surface area contributed by atoms with Crippen LogP contribution in [0.1, 0.15) is 39.0 Å². The lowest BCUT2D eigenvalue weighted by Gasteiger charge is -2.35. The first-order valence-electron chi connectivity index (χ1n) is 10.9. The summed E-state index contributed by atoms with van der Waals surface area (Å²) < 4.78 is 15.3. The van der Waals surface area contributed by atoms with E-state index >= 15 is 4.39 Å². The number of halogens is 1.